The Morgan fingerprint density at radius 2 is 2.07 bits per heavy atom. The first-order valence-corrected chi connectivity index (χ1v) is 8.98. The number of para-hydroxylation sites is 1. The second-order valence-corrected chi connectivity index (χ2v) is 6.61. The molecule has 12 heteroatoms. The third-order valence-electron chi connectivity index (χ3n) is 3.09. The number of alkyl carbamates (subject to hydrolysis) is 1. The van der Waals surface area contributed by atoms with Gasteiger partial charge in [0.25, 0.3) is 0 Å². The van der Waals surface area contributed by atoms with Crippen LogP contribution in [0.2, 0.25) is 5.02 Å². The minimum absolute atomic E-state index is 0.111. The predicted octanol–water partition coefficient (Wildman–Crippen LogP) is 3.43. The number of nitrogens with zero attached hydrogens (tertiary/aromatic N) is 3. The van der Waals surface area contributed by atoms with Crippen molar-refractivity contribution in [3.63, 3.8) is 0 Å². The second kappa shape index (κ2) is 9.70. The Kier molecular flexibility index (Phi) is 7.60. The molecule has 0 saturated heterocycles. The van der Waals surface area contributed by atoms with Crippen LogP contribution < -0.4 is 10.1 Å². The molecule has 1 N–H and O–H groups in total. The lowest BCUT2D eigenvalue weighted by molar-refractivity contribution is -0.160. The molecule has 0 spiro atoms. The lowest BCUT2D eigenvalue weighted by atomic mass is 10.3. The van der Waals surface area contributed by atoms with Crippen LogP contribution in [0.1, 0.15) is 5.82 Å². The largest absolute Gasteiger partial charge is 0.484 e. The van der Waals surface area contributed by atoms with Crippen molar-refractivity contribution in [1.82, 2.24) is 20.1 Å². The smallest absolute Gasteiger partial charge is 0.422 e. The molecule has 0 aliphatic carbocycles. The highest BCUT2D eigenvalue weighted by Crippen LogP contribution is 2.24. The van der Waals surface area contributed by atoms with Crippen molar-refractivity contribution in [2.45, 2.75) is 17.9 Å². The van der Waals surface area contributed by atoms with Gasteiger partial charge in [0.05, 0.1) is 5.02 Å². The van der Waals surface area contributed by atoms with Gasteiger partial charge in [-0.05, 0) is 12.1 Å². The molecule has 1 aromatic heterocycles. The molecular weight excluding hydrogens is 409 g/mol. The number of nitrogens with one attached hydrogen (secondary N) is 1. The van der Waals surface area contributed by atoms with E-state index in [2.05, 4.69) is 20.3 Å². The summed E-state index contributed by atoms with van der Waals surface area (Å²) in [4.78, 5) is 11.1. The number of carbonyl (C=O) groups is 1. The number of halogens is 4. The number of thioether (sulfide) groups is 1. The molecule has 0 saturated carbocycles. The van der Waals surface area contributed by atoms with E-state index in [-0.39, 0.29) is 13.2 Å². The van der Waals surface area contributed by atoms with Gasteiger partial charge in [-0.1, -0.05) is 35.5 Å². The first-order valence-electron chi connectivity index (χ1n) is 7.62. The van der Waals surface area contributed by atoms with Crippen LogP contribution in [0, 0.1) is 0 Å². The number of amides is 1. The molecule has 0 atom stereocenters. The van der Waals surface area contributed by atoms with E-state index in [0.717, 1.165) is 0 Å². The van der Waals surface area contributed by atoms with Crippen LogP contribution in [0.15, 0.2) is 29.4 Å². The summed E-state index contributed by atoms with van der Waals surface area (Å²) in [6, 6.07) is 7.03. The molecule has 148 valence electrons. The van der Waals surface area contributed by atoms with Gasteiger partial charge in [0.2, 0.25) is 0 Å². The zero-order valence-electron chi connectivity index (χ0n) is 14.1. The highest BCUT2D eigenvalue weighted by molar-refractivity contribution is 7.99. The van der Waals surface area contributed by atoms with Crippen molar-refractivity contribution in [2.24, 2.45) is 7.05 Å². The lowest BCUT2D eigenvalue weighted by Crippen LogP contribution is -2.30. The van der Waals surface area contributed by atoms with Crippen molar-refractivity contribution in [3.8, 4) is 5.75 Å². The number of rotatable bonds is 8. The van der Waals surface area contributed by atoms with Crippen molar-refractivity contribution in [1.29, 1.82) is 0 Å². The highest BCUT2D eigenvalue weighted by Gasteiger charge is 2.29. The number of hydrogen-bond donors (Lipinski definition) is 1. The number of carbonyl (C=O) groups excluding carboxylic acids is 1. The van der Waals surface area contributed by atoms with E-state index < -0.39 is 18.9 Å². The molecule has 0 unspecified atom stereocenters. The minimum Gasteiger partial charge on any atom is -0.484 e. The summed E-state index contributed by atoms with van der Waals surface area (Å²) in [5.74, 6) is 1.46. The van der Waals surface area contributed by atoms with E-state index in [1.165, 1.54) is 11.8 Å². The fourth-order valence-electron chi connectivity index (χ4n) is 1.79. The van der Waals surface area contributed by atoms with Crippen LogP contribution in [-0.2, 0) is 18.4 Å². The van der Waals surface area contributed by atoms with Gasteiger partial charge < -0.3 is 19.4 Å². The number of alkyl halides is 3. The van der Waals surface area contributed by atoms with Gasteiger partial charge in [0.15, 0.2) is 17.6 Å². The normalized spacial score (nSPS) is 11.3. The first kappa shape index (κ1) is 21.2. The molecule has 27 heavy (non-hydrogen) atoms. The molecule has 0 aliphatic rings. The van der Waals surface area contributed by atoms with Gasteiger partial charge >= 0.3 is 12.3 Å². The maximum absolute atomic E-state index is 11.9. The van der Waals surface area contributed by atoms with E-state index in [9.17, 15) is 18.0 Å². The third kappa shape index (κ3) is 7.18. The number of aromatic nitrogens is 3. The summed E-state index contributed by atoms with van der Waals surface area (Å²) in [7, 11) is 1.75. The summed E-state index contributed by atoms with van der Waals surface area (Å²) in [5, 5.41) is 11.3. The van der Waals surface area contributed by atoms with E-state index in [0.29, 0.717) is 27.5 Å². The van der Waals surface area contributed by atoms with Crippen LogP contribution in [0.5, 0.6) is 5.75 Å². The standard InChI is InChI=1S/C15H16ClF3N4O3S/c1-23-12(8-25-11-5-3-2-4-10(11)16)21-22-13(23)27-7-6-20-14(24)26-9-15(17,18)19/h2-5H,6-9H2,1H3,(H,20,24). The van der Waals surface area contributed by atoms with Gasteiger partial charge in [0.1, 0.15) is 12.4 Å². The van der Waals surface area contributed by atoms with Gasteiger partial charge in [-0.15, -0.1) is 10.2 Å². The Hall–Kier alpha value is -2.14. The molecular formula is C15H16ClF3N4O3S. The number of ether oxygens (including phenoxy) is 2. The molecule has 0 fully saturated rings. The van der Waals surface area contributed by atoms with Crippen LogP contribution >= 0.6 is 23.4 Å². The molecule has 0 aliphatic heterocycles. The second-order valence-electron chi connectivity index (χ2n) is 5.14. The van der Waals surface area contributed by atoms with Crippen LogP contribution in [0.25, 0.3) is 0 Å². The molecule has 1 heterocycles. The van der Waals surface area contributed by atoms with Gasteiger partial charge in [0, 0.05) is 19.3 Å². The van der Waals surface area contributed by atoms with Gasteiger partial charge in [-0.2, -0.15) is 13.2 Å². The molecule has 0 radical (unpaired) electrons. The first-order chi connectivity index (χ1) is 12.8. The predicted molar refractivity (Wildman–Crippen MR) is 92.9 cm³/mol. The van der Waals surface area contributed by atoms with Crippen molar-refractivity contribution in [3.05, 3.63) is 35.1 Å². The highest BCUT2D eigenvalue weighted by atomic mass is 35.5. The summed E-state index contributed by atoms with van der Waals surface area (Å²) < 4.78 is 47.1. The van der Waals surface area contributed by atoms with Gasteiger partial charge in [-0.3, -0.25) is 0 Å². The number of benzene rings is 1. The maximum atomic E-state index is 11.9. The van der Waals surface area contributed by atoms with Gasteiger partial charge in [-0.25, -0.2) is 4.79 Å². The minimum atomic E-state index is -4.55. The van der Waals surface area contributed by atoms with Crippen LogP contribution in [0.4, 0.5) is 18.0 Å². The number of hydrogen-bond acceptors (Lipinski definition) is 6. The summed E-state index contributed by atoms with van der Waals surface area (Å²) in [6.45, 7) is -1.35. The Morgan fingerprint density at radius 3 is 2.78 bits per heavy atom. The summed E-state index contributed by atoms with van der Waals surface area (Å²) >= 11 is 7.29. The third-order valence-corrected chi connectivity index (χ3v) is 4.42. The molecule has 1 amide bonds. The van der Waals surface area contributed by atoms with Crippen LogP contribution in [-0.4, -0.2) is 45.9 Å². The monoisotopic (exact) mass is 424 g/mol. The van der Waals surface area contributed by atoms with Crippen molar-refractivity contribution < 1.29 is 27.4 Å². The summed E-state index contributed by atoms with van der Waals surface area (Å²) in [5.41, 5.74) is 0. The van der Waals surface area contributed by atoms with E-state index in [1.807, 2.05) is 0 Å². The van der Waals surface area contributed by atoms with E-state index in [4.69, 9.17) is 16.3 Å². The van der Waals surface area contributed by atoms with Crippen LogP contribution in [0.3, 0.4) is 0 Å². The molecule has 2 aromatic rings. The zero-order chi connectivity index (χ0) is 19.9. The Labute approximate surface area is 162 Å². The fraction of sp³-hybridized carbons (Fsp3) is 0.400. The average molecular weight is 425 g/mol. The Balaban J connectivity index is 1.74. The quantitative estimate of drug-likeness (QED) is 0.516. The van der Waals surface area contributed by atoms with Crippen molar-refractivity contribution in [2.75, 3.05) is 18.9 Å². The van der Waals surface area contributed by atoms with E-state index in [1.54, 1.807) is 35.9 Å². The average Bonchev–Trinajstić information content (AvgIpc) is 2.96. The zero-order valence-corrected chi connectivity index (χ0v) is 15.7. The molecule has 0 bridgehead atoms. The molecule has 2 rings (SSSR count). The Bertz CT molecular complexity index is 773. The molecule has 1 aromatic carbocycles. The summed E-state index contributed by atoms with van der Waals surface area (Å²) in [6.07, 6.45) is -5.67. The fourth-order valence-corrected chi connectivity index (χ4v) is 2.77. The lowest BCUT2D eigenvalue weighted by Gasteiger charge is -2.09. The van der Waals surface area contributed by atoms with Crippen molar-refractivity contribution >= 4 is 29.5 Å². The topological polar surface area (TPSA) is 78.3 Å². The van der Waals surface area contributed by atoms with E-state index >= 15 is 0 Å². The molecule has 7 nitrogen and oxygen atoms in total. The SMILES string of the molecule is Cn1c(COc2ccccc2Cl)nnc1SCCNC(=O)OCC(F)(F)F. The Morgan fingerprint density at radius 1 is 1.33 bits per heavy atom. The maximum Gasteiger partial charge on any atom is 0.422 e.